The number of pyridine rings is 1. The molecule has 1 fully saturated rings. The van der Waals surface area contributed by atoms with Crippen LogP contribution in [-0.4, -0.2) is 51.2 Å². The van der Waals surface area contributed by atoms with Crippen LogP contribution in [0.4, 0.5) is 0 Å². The van der Waals surface area contributed by atoms with E-state index in [9.17, 15) is 4.79 Å². The number of likely N-dealkylation sites (tertiary alicyclic amines) is 1. The Morgan fingerprint density at radius 1 is 1.14 bits per heavy atom. The maximum absolute atomic E-state index is 12.5. The maximum atomic E-state index is 12.5. The van der Waals surface area contributed by atoms with Crippen molar-refractivity contribution in [3.63, 3.8) is 0 Å². The van der Waals surface area contributed by atoms with Gasteiger partial charge in [-0.25, -0.2) is 4.68 Å². The number of ketones is 1. The van der Waals surface area contributed by atoms with Gasteiger partial charge in [0.1, 0.15) is 5.75 Å². The first kappa shape index (κ1) is 19.3. The zero-order chi connectivity index (χ0) is 20.1. The van der Waals surface area contributed by atoms with Crippen LogP contribution in [0.25, 0.3) is 5.69 Å². The van der Waals surface area contributed by atoms with Crippen molar-refractivity contribution >= 4 is 5.78 Å². The lowest BCUT2D eigenvalue weighted by Gasteiger charge is -2.20. The molecule has 1 aromatic carbocycles. The van der Waals surface area contributed by atoms with Gasteiger partial charge >= 0.3 is 0 Å². The maximum Gasteiger partial charge on any atom is 0.196 e. The minimum Gasteiger partial charge on any atom is -0.494 e. The number of hydrogen-bond acceptors (Lipinski definition) is 5. The molecule has 4 rings (SSSR count). The van der Waals surface area contributed by atoms with Crippen molar-refractivity contribution in [3.8, 4) is 11.4 Å². The van der Waals surface area contributed by atoms with Crippen molar-refractivity contribution in [1.29, 1.82) is 0 Å². The number of hydrogen-bond donors (Lipinski definition) is 0. The lowest BCUT2D eigenvalue weighted by molar-refractivity contribution is 0.103. The van der Waals surface area contributed by atoms with Gasteiger partial charge in [-0.15, -0.1) is 0 Å². The third kappa shape index (κ3) is 4.71. The Balaban J connectivity index is 1.31. The molecular weight excluding hydrogens is 364 g/mol. The van der Waals surface area contributed by atoms with E-state index in [4.69, 9.17) is 4.74 Å². The molecule has 1 aliphatic rings. The number of nitrogens with zero attached hydrogens (tertiary/aromatic N) is 4. The normalized spacial score (nSPS) is 16.8. The van der Waals surface area contributed by atoms with E-state index in [1.54, 1.807) is 41.6 Å². The highest BCUT2D eigenvalue weighted by atomic mass is 16.5. The first-order valence-corrected chi connectivity index (χ1v) is 10.2. The van der Waals surface area contributed by atoms with Gasteiger partial charge in [-0.2, -0.15) is 5.10 Å². The summed E-state index contributed by atoms with van der Waals surface area (Å²) in [5.41, 5.74) is 2.04. The quantitative estimate of drug-likeness (QED) is 0.433. The highest BCUT2D eigenvalue weighted by Gasteiger charge is 2.19. The van der Waals surface area contributed by atoms with Gasteiger partial charge < -0.3 is 9.64 Å². The summed E-state index contributed by atoms with van der Waals surface area (Å²) in [4.78, 5) is 19.0. The van der Waals surface area contributed by atoms with Crippen LogP contribution in [0, 0.1) is 0 Å². The topological polar surface area (TPSA) is 60.2 Å². The third-order valence-corrected chi connectivity index (χ3v) is 5.44. The molecule has 1 atom stereocenters. The highest BCUT2D eigenvalue weighted by Crippen LogP contribution is 2.18. The van der Waals surface area contributed by atoms with Crippen molar-refractivity contribution < 1.29 is 9.53 Å². The fourth-order valence-electron chi connectivity index (χ4n) is 3.73. The monoisotopic (exact) mass is 390 g/mol. The third-order valence-electron chi connectivity index (χ3n) is 5.44. The summed E-state index contributed by atoms with van der Waals surface area (Å²) in [7, 11) is 0. The van der Waals surface area contributed by atoms with Crippen molar-refractivity contribution in [2.45, 2.75) is 32.2 Å². The number of rotatable bonds is 8. The van der Waals surface area contributed by atoms with Gasteiger partial charge in [-0.05, 0) is 69.1 Å². The van der Waals surface area contributed by atoms with Crippen LogP contribution < -0.4 is 4.74 Å². The van der Waals surface area contributed by atoms with Crippen LogP contribution in [-0.2, 0) is 0 Å². The van der Waals surface area contributed by atoms with Gasteiger partial charge in [0.2, 0.25) is 0 Å². The molecule has 2 aromatic heterocycles. The van der Waals surface area contributed by atoms with E-state index in [1.807, 2.05) is 24.3 Å². The van der Waals surface area contributed by atoms with E-state index in [0.717, 1.165) is 31.0 Å². The van der Waals surface area contributed by atoms with Crippen LogP contribution in [0.2, 0.25) is 0 Å². The number of aromatic nitrogens is 3. The average molecular weight is 390 g/mol. The lowest BCUT2D eigenvalue weighted by Crippen LogP contribution is -2.28. The summed E-state index contributed by atoms with van der Waals surface area (Å²) >= 11 is 0. The standard InChI is InChI=1S/C23H26N4O2/c1-18-4-2-13-26(18)14-3-15-29-22-7-5-21(6-8-22)27-17-20(16-25-27)23(28)19-9-11-24-12-10-19/h5-12,16-18H,2-4,13-15H2,1H3. The minimum atomic E-state index is -0.0640. The highest BCUT2D eigenvalue weighted by molar-refractivity contribution is 6.08. The van der Waals surface area contributed by atoms with E-state index < -0.39 is 0 Å². The molecule has 1 aliphatic heterocycles. The number of carbonyl (C=O) groups excluding carboxylic acids is 1. The molecule has 150 valence electrons. The minimum absolute atomic E-state index is 0.0640. The number of carbonyl (C=O) groups is 1. The summed E-state index contributed by atoms with van der Waals surface area (Å²) in [5.74, 6) is 0.786. The van der Waals surface area contributed by atoms with E-state index >= 15 is 0 Å². The molecule has 0 N–H and O–H groups in total. The van der Waals surface area contributed by atoms with Crippen LogP contribution >= 0.6 is 0 Å². The Kier molecular flexibility index (Phi) is 6.00. The van der Waals surface area contributed by atoms with Crippen LogP contribution in [0.5, 0.6) is 5.75 Å². The van der Waals surface area contributed by atoms with Gasteiger partial charge in [0, 0.05) is 36.7 Å². The molecule has 0 radical (unpaired) electrons. The van der Waals surface area contributed by atoms with E-state index in [-0.39, 0.29) is 5.78 Å². The molecule has 0 amide bonds. The smallest absolute Gasteiger partial charge is 0.196 e. The molecule has 0 aliphatic carbocycles. The predicted octanol–water partition coefficient (Wildman–Crippen LogP) is 3.75. The van der Waals surface area contributed by atoms with Gasteiger partial charge in [-0.3, -0.25) is 9.78 Å². The number of ether oxygens (including phenoxy) is 1. The first-order valence-electron chi connectivity index (χ1n) is 10.2. The number of benzene rings is 1. The average Bonchev–Trinajstić information content (AvgIpc) is 3.41. The summed E-state index contributed by atoms with van der Waals surface area (Å²) in [6, 6.07) is 11.9. The molecule has 0 bridgehead atoms. The van der Waals surface area contributed by atoms with Crippen molar-refractivity contribution in [2.24, 2.45) is 0 Å². The molecule has 3 aromatic rings. The summed E-state index contributed by atoms with van der Waals surface area (Å²) < 4.78 is 7.58. The molecule has 29 heavy (non-hydrogen) atoms. The largest absolute Gasteiger partial charge is 0.494 e. The van der Waals surface area contributed by atoms with Crippen molar-refractivity contribution in [3.05, 3.63) is 72.3 Å². The molecule has 0 saturated carbocycles. The molecule has 0 spiro atoms. The van der Waals surface area contributed by atoms with Crippen molar-refractivity contribution in [1.82, 2.24) is 19.7 Å². The fourth-order valence-corrected chi connectivity index (χ4v) is 3.73. The Bertz CT molecular complexity index is 937. The molecule has 1 unspecified atom stereocenters. The Labute approximate surface area is 171 Å². The zero-order valence-electron chi connectivity index (χ0n) is 16.7. The molecule has 6 heteroatoms. The Morgan fingerprint density at radius 3 is 2.66 bits per heavy atom. The van der Waals surface area contributed by atoms with E-state index in [2.05, 4.69) is 21.9 Å². The SMILES string of the molecule is CC1CCCN1CCCOc1ccc(-n2cc(C(=O)c3ccncc3)cn2)cc1. The molecular formula is C23H26N4O2. The second-order valence-corrected chi connectivity index (χ2v) is 7.46. The van der Waals surface area contributed by atoms with Gasteiger partial charge in [-0.1, -0.05) is 0 Å². The van der Waals surface area contributed by atoms with E-state index in [1.165, 1.54) is 19.4 Å². The van der Waals surface area contributed by atoms with Gasteiger partial charge in [0.25, 0.3) is 0 Å². The summed E-state index contributed by atoms with van der Waals surface area (Å²) in [5, 5.41) is 4.32. The molecule has 3 heterocycles. The van der Waals surface area contributed by atoms with Crippen molar-refractivity contribution in [2.75, 3.05) is 19.7 Å². The zero-order valence-corrected chi connectivity index (χ0v) is 16.7. The molecule has 6 nitrogen and oxygen atoms in total. The summed E-state index contributed by atoms with van der Waals surface area (Å²) in [6.07, 6.45) is 10.2. The predicted molar refractivity (Wildman–Crippen MR) is 112 cm³/mol. The Morgan fingerprint density at radius 2 is 1.93 bits per heavy atom. The first-order chi connectivity index (χ1) is 14.2. The van der Waals surface area contributed by atoms with E-state index in [0.29, 0.717) is 17.2 Å². The fraction of sp³-hybridized carbons (Fsp3) is 0.348. The molecule has 1 saturated heterocycles. The van der Waals surface area contributed by atoms with Crippen LogP contribution in [0.15, 0.2) is 61.2 Å². The van der Waals surface area contributed by atoms with Crippen LogP contribution in [0.3, 0.4) is 0 Å². The van der Waals surface area contributed by atoms with Gasteiger partial charge in [0.15, 0.2) is 5.78 Å². The Hall–Kier alpha value is -2.99. The second kappa shape index (κ2) is 9.01. The summed E-state index contributed by atoms with van der Waals surface area (Å²) in [6.45, 7) is 5.33. The second-order valence-electron chi connectivity index (χ2n) is 7.46. The van der Waals surface area contributed by atoms with Gasteiger partial charge in [0.05, 0.1) is 24.1 Å². The lowest BCUT2D eigenvalue weighted by atomic mass is 10.1. The van der Waals surface area contributed by atoms with Crippen LogP contribution in [0.1, 0.15) is 42.1 Å².